The first-order valence-corrected chi connectivity index (χ1v) is 10.0. The maximum Gasteiger partial charge on any atom is 0.337 e. The number of aromatic carboxylic acids is 1. The lowest BCUT2D eigenvalue weighted by Gasteiger charge is -2.11. The third kappa shape index (κ3) is 5.63. The van der Waals surface area contributed by atoms with Crippen molar-refractivity contribution in [2.45, 2.75) is 23.5 Å². The molecule has 0 saturated heterocycles. The van der Waals surface area contributed by atoms with Crippen molar-refractivity contribution in [2.24, 2.45) is 0 Å². The fourth-order valence-electron chi connectivity index (χ4n) is 2.91. The number of benzene rings is 3. The summed E-state index contributed by atoms with van der Waals surface area (Å²) < 4.78 is 0. The molecule has 0 amide bonds. The third-order valence-corrected chi connectivity index (χ3v) is 5.49. The SMILES string of the molecule is O=C(O)c1ccccc1NCCCc1ccccc1SCc1ccccc1. The molecule has 0 aliphatic carbocycles. The molecule has 3 aromatic carbocycles. The van der Waals surface area contributed by atoms with Gasteiger partial charge in [-0.05, 0) is 42.2 Å². The maximum atomic E-state index is 11.3. The summed E-state index contributed by atoms with van der Waals surface area (Å²) in [5.74, 6) is 0.0583. The van der Waals surface area contributed by atoms with Gasteiger partial charge >= 0.3 is 5.97 Å². The highest BCUT2D eigenvalue weighted by Gasteiger charge is 2.08. The highest BCUT2D eigenvalue weighted by molar-refractivity contribution is 7.98. The number of para-hydroxylation sites is 1. The van der Waals surface area contributed by atoms with Crippen LogP contribution in [0.15, 0.2) is 83.8 Å². The van der Waals surface area contributed by atoms with E-state index in [-0.39, 0.29) is 0 Å². The summed E-state index contributed by atoms with van der Waals surface area (Å²) in [4.78, 5) is 12.6. The second-order valence-corrected chi connectivity index (χ2v) is 7.28. The Morgan fingerprint density at radius 2 is 1.59 bits per heavy atom. The van der Waals surface area contributed by atoms with Crippen LogP contribution in [0.5, 0.6) is 0 Å². The van der Waals surface area contributed by atoms with E-state index in [1.165, 1.54) is 16.0 Å². The summed E-state index contributed by atoms with van der Waals surface area (Å²) >= 11 is 1.86. The molecule has 0 atom stereocenters. The van der Waals surface area contributed by atoms with Gasteiger partial charge in [0.1, 0.15) is 0 Å². The smallest absolute Gasteiger partial charge is 0.337 e. The fraction of sp³-hybridized carbons (Fsp3) is 0.174. The molecule has 138 valence electrons. The van der Waals surface area contributed by atoms with Crippen LogP contribution in [0.1, 0.15) is 27.9 Å². The van der Waals surface area contributed by atoms with E-state index in [1.54, 1.807) is 12.1 Å². The Labute approximate surface area is 164 Å². The summed E-state index contributed by atoms with van der Waals surface area (Å²) in [5.41, 5.74) is 3.66. The Morgan fingerprint density at radius 1 is 0.889 bits per heavy atom. The van der Waals surface area contributed by atoms with Crippen LogP contribution in [0.3, 0.4) is 0 Å². The standard InChI is InChI=1S/C23H23NO2S/c25-23(26)20-13-5-6-14-21(20)24-16-8-12-19-11-4-7-15-22(19)27-17-18-9-2-1-3-10-18/h1-7,9-11,13-15,24H,8,12,16-17H2,(H,25,26). The molecule has 3 aromatic rings. The van der Waals surface area contributed by atoms with E-state index >= 15 is 0 Å². The Kier molecular flexibility index (Phi) is 6.94. The van der Waals surface area contributed by atoms with Crippen LogP contribution < -0.4 is 5.32 Å². The van der Waals surface area contributed by atoms with Crippen LogP contribution in [0.4, 0.5) is 5.69 Å². The lowest BCUT2D eigenvalue weighted by molar-refractivity contribution is 0.0698. The van der Waals surface area contributed by atoms with Crippen molar-refractivity contribution >= 4 is 23.4 Å². The van der Waals surface area contributed by atoms with Gasteiger partial charge in [-0.2, -0.15) is 0 Å². The van der Waals surface area contributed by atoms with Crippen LogP contribution in [0.2, 0.25) is 0 Å². The Balaban J connectivity index is 1.54. The molecule has 3 rings (SSSR count). The normalized spacial score (nSPS) is 10.5. The number of hydrogen-bond donors (Lipinski definition) is 2. The highest BCUT2D eigenvalue weighted by atomic mass is 32.2. The zero-order valence-corrected chi connectivity index (χ0v) is 15.9. The number of nitrogens with one attached hydrogen (secondary N) is 1. The quantitative estimate of drug-likeness (QED) is 0.370. The molecular weight excluding hydrogens is 354 g/mol. The van der Waals surface area contributed by atoms with Gasteiger partial charge in [0.05, 0.1) is 5.56 Å². The van der Waals surface area contributed by atoms with Gasteiger partial charge in [-0.3, -0.25) is 0 Å². The molecule has 27 heavy (non-hydrogen) atoms. The molecule has 0 saturated carbocycles. The van der Waals surface area contributed by atoms with Crippen molar-refractivity contribution in [2.75, 3.05) is 11.9 Å². The number of carboxylic acid groups (broad SMARTS) is 1. The Bertz CT molecular complexity index is 880. The molecular formula is C23H23NO2S. The summed E-state index contributed by atoms with van der Waals surface area (Å²) in [6, 6.07) is 26.0. The minimum absolute atomic E-state index is 0.316. The highest BCUT2D eigenvalue weighted by Crippen LogP contribution is 2.27. The molecule has 0 radical (unpaired) electrons. The van der Waals surface area contributed by atoms with Gasteiger partial charge in [0.15, 0.2) is 0 Å². The van der Waals surface area contributed by atoms with E-state index in [4.69, 9.17) is 0 Å². The van der Waals surface area contributed by atoms with E-state index in [0.29, 0.717) is 11.3 Å². The third-order valence-electron chi connectivity index (χ3n) is 4.31. The number of thioether (sulfide) groups is 1. The zero-order chi connectivity index (χ0) is 18.9. The molecule has 0 fully saturated rings. The van der Waals surface area contributed by atoms with Crippen LogP contribution in [-0.4, -0.2) is 17.6 Å². The van der Waals surface area contributed by atoms with Crippen LogP contribution >= 0.6 is 11.8 Å². The van der Waals surface area contributed by atoms with Gasteiger partial charge in [-0.1, -0.05) is 60.7 Å². The second kappa shape index (κ2) is 9.83. The summed E-state index contributed by atoms with van der Waals surface area (Å²) in [6.07, 6.45) is 1.90. The van der Waals surface area contributed by atoms with Gasteiger partial charge < -0.3 is 10.4 Å². The van der Waals surface area contributed by atoms with E-state index in [0.717, 1.165) is 25.1 Å². The minimum Gasteiger partial charge on any atom is -0.478 e. The van der Waals surface area contributed by atoms with Crippen LogP contribution in [0, 0.1) is 0 Å². The minimum atomic E-state index is -0.902. The predicted octanol–water partition coefficient (Wildman–Crippen LogP) is 5.72. The van der Waals surface area contributed by atoms with Gasteiger partial charge in [0, 0.05) is 22.9 Å². The average Bonchev–Trinajstić information content (AvgIpc) is 2.71. The van der Waals surface area contributed by atoms with Gasteiger partial charge in [-0.25, -0.2) is 4.79 Å². The number of aryl methyl sites for hydroxylation is 1. The number of hydrogen-bond acceptors (Lipinski definition) is 3. The Morgan fingerprint density at radius 3 is 2.41 bits per heavy atom. The van der Waals surface area contributed by atoms with E-state index in [1.807, 2.05) is 30.0 Å². The average molecular weight is 378 g/mol. The number of rotatable bonds is 9. The molecule has 0 spiro atoms. The van der Waals surface area contributed by atoms with E-state index in [9.17, 15) is 9.90 Å². The van der Waals surface area contributed by atoms with Crippen molar-refractivity contribution in [3.63, 3.8) is 0 Å². The lowest BCUT2D eigenvalue weighted by Crippen LogP contribution is -2.08. The fourth-order valence-corrected chi connectivity index (χ4v) is 3.96. The Hall–Kier alpha value is -2.72. The van der Waals surface area contributed by atoms with Crippen molar-refractivity contribution in [1.29, 1.82) is 0 Å². The van der Waals surface area contributed by atoms with E-state index < -0.39 is 5.97 Å². The first-order chi connectivity index (χ1) is 13.2. The van der Waals surface area contributed by atoms with Crippen LogP contribution in [-0.2, 0) is 12.2 Å². The van der Waals surface area contributed by atoms with Crippen molar-refractivity contribution < 1.29 is 9.90 Å². The molecule has 0 aromatic heterocycles. The maximum absolute atomic E-state index is 11.3. The molecule has 0 bridgehead atoms. The molecule has 4 heteroatoms. The molecule has 3 nitrogen and oxygen atoms in total. The predicted molar refractivity (Wildman–Crippen MR) is 113 cm³/mol. The first-order valence-electron chi connectivity index (χ1n) is 9.05. The van der Waals surface area contributed by atoms with Crippen molar-refractivity contribution in [3.05, 3.63) is 95.6 Å². The summed E-state index contributed by atoms with van der Waals surface area (Å²) in [6.45, 7) is 0.738. The molecule has 0 aliphatic heterocycles. The monoisotopic (exact) mass is 377 g/mol. The van der Waals surface area contributed by atoms with Crippen molar-refractivity contribution in [3.8, 4) is 0 Å². The largest absolute Gasteiger partial charge is 0.478 e. The molecule has 0 unspecified atom stereocenters. The topological polar surface area (TPSA) is 49.3 Å². The summed E-state index contributed by atoms with van der Waals surface area (Å²) in [5, 5.41) is 12.5. The number of carboxylic acids is 1. The summed E-state index contributed by atoms with van der Waals surface area (Å²) in [7, 11) is 0. The zero-order valence-electron chi connectivity index (χ0n) is 15.1. The van der Waals surface area contributed by atoms with Gasteiger partial charge in [0.2, 0.25) is 0 Å². The second-order valence-electron chi connectivity index (χ2n) is 6.26. The molecule has 0 heterocycles. The molecule has 0 aliphatic rings. The van der Waals surface area contributed by atoms with E-state index in [2.05, 4.69) is 53.8 Å². The molecule has 2 N–H and O–H groups in total. The van der Waals surface area contributed by atoms with Gasteiger partial charge in [0.25, 0.3) is 0 Å². The van der Waals surface area contributed by atoms with Crippen LogP contribution in [0.25, 0.3) is 0 Å². The lowest BCUT2D eigenvalue weighted by atomic mass is 10.1. The van der Waals surface area contributed by atoms with Crippen molar-refractivity contribution in [1.82, 2.24) is 0 Å². The van der Waals surface area contributed by atoms with Gasteiger partial charge in [-0.15, -0.1) is 11.8 Å². The number of carbonyl (C=O) groups is 1. The number of anilines is 1. The first kappa shape index (κ1) is 19.1.